The van der Waals surface area contributed by atoms with Crippen LogP contribution in [0.2, 0.25) is 0 Å². The highest BCUT2D eigenvalue weighted by Crippen LogP contribution is 2.20. The van der Waals surface area contributed by atoms with Crippen molar-refractivity contribution >= 4 is 11.8 Å². The van der Waals surface area contributed by atoms with Crippen LogP contribution in [0.5, 0.6) is 0 Å². The number of aromatic nitrogens is 2. The largest absolute Gasteiger partial charge is 0.359 e. The zero-order valence-electron chi connectivity index (χ0n) is 15.4. The van der Waals surface area contributed by atoms with Crippen molar-refractivity contribution in [3.63, 3.8) is 0 Å². The molecule has 26 heavy (non-hydrogen) atoms. The molecule has 0 bridgehead atoms. The van der Waals surface area contributed by atoms with E-state index < -0.39 is 0 Å². The quantitative estimate of drug-likeness (QED) is 0.629. The van der Waals surface area contributed by atoms with E-state index in [2.05, 4.69) is 39.6 Å². The predicted octanol–water partition coefficient (Wildman–Crippen LogP) is 2.28. The normalized spacial score (nSPS) is 17.8. The van der Waals surface area contributed by atoms with E-state index in [1.54, 1.807) is 19.3 Å². The zero-order valence-corrected chi connectivity index (χ0v) is 15.4. The third-order valence-corrected chi connectivity index (χ3v) is 4.39. The zero-order chi connectivity index (χ0) is 18.5. The molecule has 3 rings (SSSR count). The van der Waals surface area contributed by atoms with Crippen molar-refractivity contribution in [1.29, 1.82) is 0 Å². The van der Waals surface area contributed by atoms with Gasteiger partial charge in [-0.2, -0.15) is 0 Å². The van der Waals surface area contributed by atoms with Crippen LogP contribution in [0.25, 0.3) is 0 Å². The summed E-state index contributed by atoms with van der Waals surface area (Å²) < 4.78 is 19.2. The summed E-state index contributed by atoms with van der Waals surface area (Å²) in [4.78, 5) is 10.3. The first-order chi connectivity index (χ1) is 12.6. The molecule has 2 N–H and O–H groups in total. The standard InChI is InChI=1S/C18H25FN6O/c1-12(2)16-9-14(26-24-16)10-22-18(20-3)23-13-6-8-25(11-13)17-15(19)5-4-7-21-17/h4-5,7,9,12-13H,6,8,10-11H2,1-3H3,(H2,20,22,23). The van der Waals surface area contributed by atoms with Crippen LogP contribution in [0.15, 0.2) is 33.9 Å². The molecule has 0 aliphatic carbocycles. The molecule has 3 heterocycles. The van der Waals surface area contributed by atoms with Gasteiger partial charge in [-0.3, -0.25) is 4.99 Å². The fraction of sp³-hybridized carbons (Fsp3) is 0.500. The number of guanidine groups is 1. The van der Waals surface area contributed by atoms with Gasteiger partial charge in [0, 0.05) is 38.4 Å². The fourth-order valence-corrected chi connectivity index (χ4v) is 2.92. The van der Waals surface area contributed by atoms with Gasteiger partial charge in [0.15, 0.2) is 23.4 Å². The van der Waals surface area contributed by atoms with Gasteiger partial charge in [0.05, 0.1) is 12.2 Å². The van der Waals surface area contributed by atoms with E-state index in [1.165, 1.54) is 6.07 Å². The number of hydrogen-bond acceptors (Lipinski definition) is 5. The molecule has 2 aromatic rings. The number of hydrogen-bond donors (Lipinski definition) is 2. The summed E-state index contributed by atoms with van der Waals surface area (Å²) in [5, 5.41) is 10.6. The van der Waals surface area contributed by atoms with E-state index in [4.69, 9.17) is 4.52 Å². The van der Waals surface area contributed by atoms with Gasteiger partial charge in [-0.05, 0) is 24.5 Å². The van der Waals surface area contributed by atoms with Crippen LogP contribution < -0.4 is 15.5 Å². The Balaban J connectivity index is 1.52. The van der Waals surface area contributed by atoms with Crippen LogP contribution in [0.1, 0.15) is 37.6 Å². The lowest BCUT2D eigenvalue weighted by Gasteiger charge is -2.19. The lowest BCUT2D eigenvalue weighted by molar-refractivity contribution is 0.371. The first kappa shape index (κ1) is 18.2. The Labute approximate surface area is 152 Å². The Morgan fingerprint density at radius 2 is 2.35 bits per heavy atom. The molecule has 1 saturated heterocycles. The average molecular weight is 360 g/mol. The van der Waals surface area contributed by atoms with Gasteiger partial charge in [-0.15, -0.1) is 0 Å². The van der Waals surface area contributed by atoms with E-state index in [0.717, 1.165) is 24.4 Å². The summed E-state index contributed by atoms with van der Waals surface area (Å²) >= 11 is 0. The Bertz CT molecular complexity index is 760. The third kappa shape index (κ3) is 4.30. The highest BCUT2D eigenvalue weighted by Gasteiger charge is 2.26. The number of rotatable bonds is 5. The van der Waals surface area contributed by atoms with E-state index >= 15 is 0 Å². The van der Waals surface area contributed by atoms with Crippen LogP contribution >= 0.6 is 0 Å². The summed E-state index contributed by atoms with van der Waals surface area (Å²) in [5.74, 6) is 1.90. The highest BCUT2D eigenvalue weighted by molar-refractivity contribution is 5.80. The number of nitrogens with zero attached hydrogens (tertiary/aromatic N) is 4. The first-order valence-electron chi connectivity index (χ1n) is 8.85. The van der Waals surface area contributed by atoms with Crippen molar-refractivity contribution < 1.29 is 8.91 Å². The minimum atomic E-state index is -0.290. The molecule has 0 amide bonds. The molecule has 0 aromatic carbocycles. The molecule has 0 radical (unpaired) electrons. The molecule has 1 atom stereocenters. The third-order valence-electron chi connectivity index (χ3n) is 4.39. The minimum Gasteiger partial charge on any atom is -0.359 e. The van der Waals surface area contributed by atoms with Crippen LogP contribution in [0, 0.1) is 5.82 Å². The van der Waals surface area contributed by atoms with Crippen molar-refractivity contribution in [3.8, 4) is 0 Å². The van der Waals surface area contributed by atoms with Crippen LogP contribution in [-0.2, 0) is 6.54 Å². The maximum Gasteiger partial charge on any atom is 0.191 e. The molecule has 2 aromatic heterocycles. The van der Waals surface area contributed by atoms with Gasteiger partial charge in [0.25, 0.3) is 0 Å². The van der Waals surface area contributed by atoms with Crippen molar-refractivity contribution in [2.75, 3.05) is 25.0 Å². The van der Waals surface area contributed by atoms with Gasteiger partial charge in [-0.1, -0.05) is 19.0 Å². The van der Waals surface area contributed by atoms with E-state index in [0.29, 0.717) is 30.8 Å². The molecule has 140 valence electrons. The molecule has 0 saturated carbocycles. The number of aliphatic imine (C=N–C) groups is 1. The van der Waals surface area contributed by atoms with Crippen LogP contribution in [-0.4, -0.2) is 42.3 Å². The SMILES string of the molecule is CN=C(NCc1cc(C(C)C)no1)NC1CCN(c2ncccc2F)C1. The Morgan fingerprint density at radius 1 is 1.50 bits per heavy atom. The summed E-state index contributed by atoms with van der Waals surface area (Å²) in [7, 11) is 1.72. The smallest absolute Gasteiger partial charge is 0.191 e. The molecule has 1 unspecified atom stereocenters. The van der Waals surface area contributed by atoms with Crippen LogP contribution in [0.4, 0.5) is 10.2 Å². The number of pyridine rings is 1. The van der Waals surface area contributed by atoms with Gasteiger partial charge in [-0.25, -0.2) is 9.37 Å². The Morgan fingerprint density at radius 3 is 3.04 bits per heavy atom. The molecule has 1 aliphatic rings. The van der Waals surface area contributed by atoms with Crippen molar-refractivity contribution in [3.05, 3.63) is 41.7 Å². The van der Waals surface area contributed by atoms with Gasteiger partial charge in [0.1, 0.15) is 0 Å². The topological polar surface area (TPSA) is 78.6 Å². The van der Waals surface area contributed by atoms with Gasteiger partial charge in [0.2, 0.25) is 0 Å². The highest BCUT2D eigenvalue weighted by atomic mass is 19.1. The van der Waals surface area contributed by atoms with E-state index in [-0.39, 0.29) is 11.9 Å². The molecular weight excluding hydrogens is 335 g/mol. The Kier molecular flexibility index (Phi) is 5.70. The molecule has 0 spiro atoms. The second kappa shape index (κ2) is 8.16. The molecule has 7 nitrogen and oxygen atoms in total. The van der Waals surface area contributed by atoms with Crippen molar-refractivity contribution in [2.45, 2.75) is 38.8 Å². The molecule has 1 aliphatic heterocycles. The molecule has 1 fully saturated rings. The van der Waals surface area contributed by atoms with E-state index in [1.807, 2.05) is 11.0 Å². The summed E-state index contributed by atoms with van der Waals surface area (Å²) in [5.41, 5.74) is 0.938. The molecule has 8 heteroatoms. The maximum absolute atomic E-state index is 13.9. The predicted molar refractivity (Wildman–Crippen MR) is 98.7 cm³/mol. The second-order valence-corrected chi connectivity index (χ2v) is 6.68. The summed E-state index contributed by atoms with van der Waals surface area (Å²) in [6.45, 7) is 6.08. The summed E-state index contributed by atoms with van der Waals surface area (Å²) in [6.07, 6.45) is 2.50. The minimum absolute atomic E-state index is 0.170. The van der Waals surface area contributed by atoms with Crippen molar-refractivity contribution in [2.24, 2.45) is 4.99 Å². The summed E-state index contributed by atoms with van der Waals surface area (Å²) in [6, 6.07) is 5.16. The maximum atomic E-state index is 13.9. The number of anilines is 1. The monoisotopic (exact) mass is 360 g/mol. The average Bonchev–Trinajstić information content (AvgIpc) is 3.28. The molecular formula is C18H25FN6O. The Hall–Kier alpha value is -2.64. The van der Waals surface area contributed by atoms with Gasteiger partial charge < -0.3 is 20.1 Å². The van der Waals surface area contributed by atoms with E-state index in [9.17, 15) is 4.39 Å². The second-order valence-electron chi connectivity index (χ2n) is 6.68. The van der Waals surface area contributed by atoms with Gasteiger partial charge >= 0.3 is 0 Å². The first-order valence-corrected chi connectivity index (χ1v) is 8.85. The van der Waals surface area contributed by atoms with Crippen LogP contribution in [0.3, 0.4) is 0 Å². The lowest BCUT2D eigenvalue weighted by atomic mass is 10.1. The fourth-order valence-electron chi connectivity index (χ4n) is 2.92. The number of nitrogens with one attached hydrogen (secondary N) is 2. The number of halogens is 1. The lowest BCUT2D eigenvalue weighted by Crippen LogP contribution is -2.44. The van der Waals surface area contributed by atoms with Crippen molar-refractivity contribution in [1.82, 2.24) is 20.8 Å².